The first-order valence-electron chi connectivity index (χ1n) is 11.9. The zero-order chi connectivity index (χ0) is 26.8. The molecule has 3 aromatic carbocycles. The van der Waals surface area contributed by atoms with Gasteiger partial charge in [-0.1, -0.05) is 78.6 Å². The summed E-state index contributed by atoms with van der Waals surface area (Å²) in [5, 5.41) is 0. The highest BCUT2D eigenvalue weighted by atomic mass is 32.2. The van der Waals surface area contributed by atoms with Gasteiger partial charge in [0.1, 0.15) is 12.3 Å². The number of aromatic nitrogens is 2. The number of ether oxygens (including phenoxy) is 2. The number of carbonyl (C=O) groups excluding carboxylic acids is 1. The molecular weight excluding hydrogens is 518 g/mol. The van der Waals surface area contributed by atoms with Crippen molar-refractivity contribution >= 4 is 46.0 Å². The summed E-state index contributed by atoms with van der Waals surface area (Å²) in [7, 11) is 3.36. The lowest BCUT2D eigenvalue weighted by atomic mass is 10.1. The highest BCUT2D eigenvalue weighted by molar-refractivity contribution is 8.27. The molecule has 0 atom stereocenters. The Balaban J connectivity index is 1.42. The molecular formula is C29H25N3O4S2. The number of benzene rings is 3. The topological polar surface area (TPSA) is 65.7 Å². The summed E-state index contributed by atoms with van der Waals surface area (Å²) in [6.45, 7) is 2.21. The monoisotopic (exact) mass is 543 g/mol. The Morgan fingerprint density at radius 1 is 0.947 bits per heavy atom. The molecule has 0 bridgehead atoms. The number of anilines is 1. The van der Waals surface area contributed by atoms with Crippen molar-refractivity contribution in [3.05, 3.63) is 111 Å². The standard InChI is InChI=1S/C29H25N3O4S2/c1-19-26(28(34)32(30(19)2)22-12-8-5-9-13-22)31-27(33)25(38-29(31)37)17-21-14-15-23(24(16-21)35-3)36-18-20-10-6-4-7-11-20/h4-17H,18H2,1-3H3. The van der Waals surface area contributed by atoms with E-state index in [0.29, 0.717) is 38.7 Å². The van der Waals surface area contributed by atoms with Crippen molar-refractivity contribution in [2.75, 3.05) is 12.0 Å². The van der Waals surface area contributed by atoms with Crippen molar-refractivity contribution in [3.63, 3.8) is 0 Å². The van der Waals surface area contributed by atoms with Crippen molar-refractivity contribution in [3.8, 4) is 17.2 Å². The lowest BCUT2D eigenvalue weighted by Crippen LogP contribution is -2.33. The fourth-order valence-electron chi connectivity index (χ4n) is 4.25. The van der Waals surface area contributed by atoms with Crippen LogP contribution >= 0.6 is 24.0 Å². The molecule has 1 saturated heterocycles. The second-order valence-electron chi connectivity index (χ2n) is 8.61. The zero-order valence-electron chi connectivity index (χ0n) is 21.1. The molecule has 38 heavy (non-hydrogen) atoms. The third kappa shape index (κ3) is 4.78. The molecule has 7 nitrogen and oxygen atoms in total. The quantitative estimate of drug-likeness (QED) is 0.227. The first-order valence-corrected chi connectivity index (χ1v) is 13.1. The van der Waals surface area contributed by atoms with E-state index in [1.165, 1.54) is 9.58 Å². The summed E-state index contributed by atoms with van der Waals surface area (Å²) in [6, 6.07) is 24.6. The lowest BCUT2D eigenvalue weighted by molar-refractivity contribution is -0.113. The number of hydrogen-bond acceptors (Lipinski definition) is 6. The summed E-state index contributed by atoms with van der Waals surface area (Å²) in [5.41, 5.74) is 3.08. The molecule has 0 saturated carbocycles. The molecule has 2 heterocycles. The summed E-state index contributed by atoms with van der Waals surface area (Å²) in [5.74, 6) is 0.812. The zero-order valence-corrected chi connectivity index (χ0v) is 22.7. The molecule has 4 aromatic rings. The number of thioether (sulfide) groups is 1. The van der Waals surface area contributed by atoms with Crippen LogP contribution in [0, 0.1) is 6.92 Å². The molecule has 0 radical (unpaired) electrons. The Kier molecular flexibility index (Phi) is 7.22. The van der Waals surface area contributed by atoms with E-state index in [-0.39, 0.29) is 17.2 Å². The van der Waals surface area contributed by atoms with Gasteiger partial charge in [-0.05, 0) is 48.4 Å². The minimum Gasteiger partial charge on any atom is -0.493 e. The third-order valence-electron chi connectivity index (χ3n) is 6.26. The number of hydrogen-bond donors (Lipinski definition) is 0. The van der Waals surface area contributed by atoms with Crippen LogP contribution in [0.25, 0.3) is 11.8 Å². The van der Waals surface area contributed by atoms with Gasteiger partial charge < -0.3 is 9.47 Å². The third-order valence-corrected chi connectivity index (χ3v) is 7.57. The SMILES string of the molecule is COc1cc(C=C2SC(=S)N(c3c(C)n(C)n(-c4ccccc4)c3=O)C2=O)ccc1OCc1ccccc1. The maximum absolute atomic E-state index is 13.5. The van der Waals surface area contributed by atoms with Crippen molar-refractivity contribution in [2.45, 2.75) is 13.5 Å². The highest BCUT2D eigenvalue weighted by Crippen LogP contribution is 2.37. The molecule has 0 aliphatic carbocycles. The first kappa shape index (κ1) is 25.6. The minimum absolute atomic E-state index is 0.254. The molecule has 0 spiro atoms. The van der Waals surface area contributed by atoms with Gasteiger partial charge in [0, 0.05) is 7.05 Å². The van der Waals surface area contributed by atoms with Crippen LogP contribution in [0.3, 0.4) is 0 Å². The van der Waals surface area contributed by atoms with Crippen molar-refractivity contribution in [2.24, 2.45) is 7.05 Å². The van der Waals surface area contributed by atoms with Crippen LogP contribution in [0.1, 0.15) is 16.8 Å². The molecule has 0 N–H and O–H groups in total. The molecule has 1 aliphatic heterocycles. The molecule has 1 amide bonds. The van der Waals surface area contributed by atoms with Gasteiger partial charge in [0.15, 0.2) is 15.8 Å². The summed E-state index contributed by atoms with van der Waals surface area (Å²) < 4.78 is 15.1. The maximum atomic E-state index is 13.5. The van der Waals surface area contributed by atoms with Gasteiger partial charge in [-0.3, -0.25) is 19.2 Å². The molecule has 0 unspecified atom stereocenters. The van der Waals surface area contributed by atoms with E-state index < -0.39 is 0 Å². The molecule has 5 rings (SSSR count). The first-order chi connectivity index (χ1) is 18.4. The fraction of sp³-hybridized carbons (Fsp3) is 0.138. The summed E-state index contributed by atoms with van der Waals surface area (Å²) in [4.78, 5) is 28.7. The Morgan fingerprint density at radius 2 is 1.63 bits per heavy atom. The average molecular weight is 544 g/mol. The molecule has 1 aliphatic rings. The van der Waals surface area contributed by atoms with Gasteiger partial charge in [0.25, 0.3) is 11.5 Å². The summed E-state index contributed by atoms with van der Waals surface area (Å²) in [6.07, 6.45) is 1.75. The predicted octanol–water partition coefficient (Wildman–Crippen LogP) is 5.48. The van der Waals surface area contributed by atoms with E-state index >= 15 is 0 Å². The number of para-hydroxylation sites is 1. The molecule has 1 fully saturated rings. The van der Waals surface area contributed by atoms with Crippen LogP contribution in [0.15, 0.2) is 88.6 Å². The van der Waals surface area contributed by atoms with E-state index in [9.17, 15) is 9.59 Å². The van der Waals surface area contributed by atoms with Gasteiger partial charge >= 0.3 is 0 Å². The summed E-state index contributed by atoms with van der Waals surface area (Å²) >= 11 is 6.72. The molecule has 192 valence electrons. The number of amides is 1. The van der Waals surface area contributed by atoms with Crippen LogP contribution in [-0.2, 0) is 18.4 Å². The number of nitrogens with zero attached hydrogens (tertiary/aromatic N) is 3. The molecule has 1 aromatic heterocycles. The minimum atomic E-state index is -0.339. The Labute approximate surface area is 229 Å². The number of rotatable bonds is 7. The lowest BCUT2D eigenvalue weighted by Gasteiger charge is -2.12. The number of methoxy groups -OCH3 is 1. The average Bonchev–Trinajstić information content (AvgIpc) is 3.33. The van der Waals surface area contributed by atoms with E-state index in [1.807, 2.05) is 78.9 Å². The second-order valence-corrected chi connectivity index (χ2v) is 10.3. The highest BCUT2D eigenvalue weighted by Gasteiger charge is 2.37. The molecule has 9 heteroatoms. The number of carbonyl (C=O) groups is 1. The van der Waals surface area contributed by atoms with Gasteiger partial charge in [0.05, 0.1) is 23.4 Å². The van der Waals surface area contributed by atoms with Gasteiger partial charge in [-0.25, -0.2) is 4.68 Å². The largest absolute Gasteiger partial charge is 0.493 e. The fourth-order valence-corrected chi connectivity index (χ4v) is 5.52. The predicted molar refractivity (Wildman–Crippen MR) is 155 cm³/mol. The Hall–Kier alpha value is -4.08. The van der Waals surface area contributed by atoms with Crippen molar-refractivity contribution < 1.29 is 14.3 Å². The van der Waals surface area contributed by atoms with Crippen LogP contribution in [0.5, 0.6) is 11.5 Å². The Bertz CT molecular complexity index is 1610. The number of thiocarbonyl (C=S) groups is 1. The van der Waals surface area contributed by atoms with E-state index in [0.717, 1.165) is 22.9 Å². The second kappa shape index (κ2) is 10.7. The van der Waals surface area contributed by atoms with Gasteiger partial charge in [-0.2, -0.15) is 0 Å². The maximum Gasteiger partial charge on any atom is 0.296 e. The van der Waals surface area contributed by atoms with Crippen LogP contribution in [0.4, 0.5) is 5.69 Å². The van der Waals surface area contributed by atoms with Crippen molar-refractivity contribution in [1.82, 2.24) is 9.36 Å². The normalized spacial score (nSPS) is 14.4. The van der Waals surface area contributed by atoms with Gasteiger partial charge in [0.2, 0.25) is 0 Å². The van der Waals surface area contributed by atoms with E-state index in [4.69, 9.17) is 21.7 Å². The Morgan fingerprint density at radius 3 is 2.32 bits per heavy atom. The van der Waals surface area contributed by atoms with Crippen LogP contribution < -0.4 is 19.9 Å². The van der Waals surface area contributed by atoms with Crippen molar-refractivity contribution in [1.29, 1.82) is 0 Å². The van der Waals surface area contributed by atoms with Crippen LogP contribution in [0.2, 0.25) is 0 Å². The van der Waals surface area contributed by atoms with Crippen LogP contribution in [-0.4, -0.2) is 26.7 Å². The van der Waals surface area contributed by atoms with E-state index in [1.54, 1.807) is 31.8 Å². The smallest absolute Gasteiger partial charge is 0.296 e. The van der Waals surface area contributed by atoms with Gasteiger partial charge in [-0.15, -0.1) is 0 Å². The van der Waals surface area contributed by atoms with E-state index in [2.05, 4.69) is 0 Å².